The molecule has 1 fully saturated rings. The highest BCUT2D eigenvalue weighted by atomic mass is 16.6. The molecule has 1 saturated heterocycles. The van der Waals surface area contributed by atoms with Crippen molar-refractivity contribution in [3.8, 4) is 0 Å². The number of aromatic nitrogens is 4. The predicted octanol–water partition coefficient (Wildman–Crippen LogP) is -2.30. The molecule has 6 N–H and O–H groups in total. The topological polar surface area (TPSA) is 160 Å². The standard InChI is InChI=1S/C11H15N5O5/c1-11(20)6(18)4(2-17)21-9(11)16-3-13-5-7(16)14-10(12)15-8(5)19/h3-4,6,9,17-18,20H,2H2,1H3,(H3,12,14,15,19)/t4-,6+,9-,11?/m1/s1. The van der Waals surface area contributed by atoms with Crippen LogP contribution in [0, 0.1) is 0 Å². The van der Waals surface area contributed by atoms with Crippen LogP contribution in [-0.4, -0.2) is 59.3 Å². The lowest BCUT2D eigenvalue weighted by Crippen LogP contribution is -2.44. The van der Waals surface area contributed by atoms with Gasteiger partial charge in [-0.05, 0) is 6.92 Å². The second kappa shape index (κ2) is 4.49. The summed E-state index contributed by atoms with van der Waals surface area (Å²) in [5.41, 5.74) is 3.44. The number of nitrogens with two attached hydrogens (primary N) is 1. The summed E-state index contributed by atoms with van der Waals surface area (Å²) >= 11 is 0. The lowest BCUT2D eigenvalue weighted by Gasteiger charge is -2.27. The van der Waals surface area contributed by atoms with Gasteiger partial charge in [0, 0.05) is 0 Å². The lowest BCUT2D eigenvalue weighted by molar-refractivity contribution is -0.0950. The maximum absolute atomic E-state index is 11.7. The van der Waals surface area contributed by atoms with Crippen molar-refractivity contribution in [2.24, 2.45) is 0 Å². The quantitative estimate of drug-likeness (QED) is 0.414. The summed E-state index contributed by atoms with van der Waals surface area (Å²) in [6, 6.07) is 0. The zero-order valence-electron chi connectivity index (χ0n) is 11.1. The molecule has 4 atom stereocenters. The van der Waals surface area contributed by atoms with Gasteiger partial charge >= 0.3 is 0 Å². The van der Waals surface area contributed by atoms with Crippen molar-refractivity contribution in [3.63, 3.8) is 0 Å². The van der Waals surface area contributed by atoms with Crippen molar-refractivity contribution in [3.05, 3.63) is 16.7 Å². The summed E-state index contributed by atoms with van der Waals surface area (Å²) in [7, 11) is 0. The number of nitrogen functional groups attached to an aromatic ring is 1. The molecule has 2 aromatic rings. The van der Waals surface area contributed by atoms with Gasteiger partial charge in [-0.25, -0.2) is 4.98 Å². The molecule has 0 amide bonds. The van der Waals surface area contributed by atoms with Gasteiger partial charge in [0.15, 0.2) is 17.4 Å². The number of ether oxygens (including phenoxy) is 1. The molecule has 0 spiro atoms. The van der Waals surface area contributed by atoms with Crippen molar-refractivity contribution in [1.29, 1.82) is 0 Å². The van der Waals surface area contributed by atoms with E-state index in [2.05, 4.69) is 15.0 Å². The van der Waals surface area contributed by atoms with Gasteiger partial charge in [-0.1, -0.05) is 0 Å². The Labute approximate surface area is 117 Å². The van der Waals surface area contributed by atoms with Crippen LogP contribution < -0.4 is 11.3 Å². The number of nitrogens with one attached hydrogen (secondary N) is 1. The molecular weight excluding hydrogens is 282 g/mol. The fourth-order valence-corrected chi connectivity index (χ4v) is 2.50. The molecule has 0 saturated carbocycles. The smallest absolute Gasteiger partial charge is 0.280 e. The second-order valence-electron chi connectivity index (χ2n) is 5.16. The van der Waals surface area contributed by atoms with Crippen LogP contribution in [0.5, 0.6) is 0 Å². The molecule has 1 aliphatic rings. The molecule has 1 aliphatic heterocycles. The molecule has 0 aliphatic carbocycles. The number of H-pyrrole nitrogens is 1. The van der Waals surface area contributed by atoms with Crippen LogP contribution in [-0.2, 0) is 4.74 Å². The Morgan fingerprint density at radius 1 is 1.62 bits per heavy atom. The number of anilines is 1. The maximum atomic E-state index is 11.7. The van der Waals surface area contributed by atoms with Crippen molar-refractivity contribution >= 4 is 17.1 Å². The third kappa shape index (κ3) is 1.92. The van der Waals surface area contributed by atoms with Crippen molar-refractivity contribution < 1.29 is 20.1 Å². The highest BCUT2D eigenvalue weighted by Crippen LogP contribution is 2.38. The number of fused-ring (bicyclic) bond motifs is 1. The number of aliphatic hydroxyl groups is 3. The van der Waals surface area contributed by atoms with Crippen molar-refractivity contribution in [2.45, 2.75) is 31.0 Å². The Hall–Kier alpha value is -2.01. The molecule has 10 heteroatoms. The van der Waals surface area contributed by atoms with Gasteiger partial charge in [0.05, 0.1) is 12.9 Å². The molecule has 0 aromatic carbocycles. The Morgan fingerprint density at radius 3 is 2.95 bits per heavy atom. The fraction of sp³-hybridized carbons (Fsp3) is 0.545. The molecule has 21 heavy (non-hydrogen) atoms. The number of aliphatic hydroxyl groups excluding tert-OH is 2. The van der Waals surface area contributed by atoms with Gasteiger partial charge in [0.1, 0.15) is 17.8 Å². The molecular formula is C11H15N5O5. The van der Waals surface area contributed by atoms with Crippen LogP contribution in [0.4, 0.5) is 5.95 Å². The summed E-state index contributed by atoms with van der Waals surface area (Å²) < 4.78 is 6.76. The largest absolute Gasteiger partial charge is 0.394 e. The maximum Gasteiger partial charge on any atom is 0.280 e. The number of hydrogen-bond donors (Lipinski definition) is 5. The zero-order valence-corrected chi connectivity index (χ0v) is 11.1. The summed E-state index contributed by atoms with van der Waals surface area (Å²) in [6.45, 7) is 0.900. The third-order valence-corrected chi connectivity index (χ3v) is 3.64. The predicted molar refractivity (Wildman–Crippen MR) is 70.2 cm³/mol. The average molecular weight is 297 g/mol. The van der Waals surface area contributed by atoms with Crippen molar-refractivity contribution in [1.82, 2.24) is 19.5 Å². The van der Waals surface area contributed by atoms with E-state index in [1.807, 2.05) is 0 Å². The van der Waals surface area contributed by atoms with Crippen LogP contribution in [0.3, 0.4) is 0 Å². The number of aromatic amines is 1. The summed E-state index contributed by atoms with van der Waals surface area (Å²) in [6.07, 6.45) is -2.06. The molecule has 0 radical (unpaired) electrons. The third-order valence-electron chi connectivity index (χ3n) is 3.64. The van der Waals surface area contributed by atoms with E-state index < -0.39 is 36.2 Å². The molecule has 2 aromatic heterocycles. The van der Waals surface area contributed by atoms with E-state index in [1.54, 1.807) is 0 Å². The lowest BCUT2D eigenvalue weighted by atomic mass is 9.96. The molecule has 114 valence electrons. The number of rotatable bonds is 2. The highest BCUT2D eigenvalue weighted by Gasteiger charge is 2.53. The SMILES string of the molecule is CC1(O)[C@@H](O)[C@@H](CO)O[C@H]1n1cnc2c(=O)[nH]c(N)nc21. The Morgan fingerprint density at radius 2 is 2.33 bits per heavy atom. The Kier molecular flexibility index (Phi) is 2.99. The highest BCUT2D eigenvalue weighted by molar-refractivity contribution is 5.70. The van der Waals surface area contributed by atoms with Crippen LogP contribution in [0.1, 0.15) is 13.2 Å². The summed E-state index contributed by atoms with van der Waals surface area (Å²) in [5.74, 6) is -0.105. The summed E-state index contributed by atoms with van der Waals surface area (Å²) in [4.78, 5) is 21.9. The van der Waals surface area contributed by atoms with E-state index in [0.29, 0.717) is 0 Å². The average Bonchev–Trinajstić information content (AvgIpc) is 2.91. The van der Waals surface area contributed by atoms with E-state index in [-0.39, 0.29) is 17.1 Å². The fourth-order valence-electron chi connectivity index (χ4n) is 2.50. The second-order valence-corrected chi connectivity index (χ2v) is 5.16. The minimum Gasteiger partial charge on any atom is -0.394 e. The number of hydrogen-bond acceptors (Lipinski definition) is 8. The van der Waals surface area contributed by atoms with Crippen LogP contribution in [0.15, 0.2) is 11.1 Å². The van der Waals surface area contributed by atoms with Crippen LogP contribution >= 0.6 is 0 Å². The molecule has 1 unspecified atom stereocenters. The first-order valence-electron chi connectivity index (χ1n) is 6.25. The minimum absolute atomic E-state index is 0.0329. The van der Waals surface area contributed by atoms with Crippen LogP contribution in [0.2, 0.25) is 0 Å². The first kappa shape index (κ1) is 13.9. The summed E-state index contributed by atoms with van der Waals surface area (Å²) in [5, 5.41) is 29.6. The van der Waals surface area contributed by atoms with Gasteiger partial charge in [0.2, 0.25) is 5.95 Å². The van der Waals surface area contributed by atoms with Gasteiger partial charge in [0.25, 0.3) is 5.56 Å². The molecule has 10 nitrogen and oxygen atoms in total. The van der Waals surface area contributed by atoms with E-state index in [1.165, 1.54) is 17.8 Å². The van der Waals surface area contributed by atoms with Gasteiger partial charge in [-0.2, -0.15) is 4.98 Å². The molecule has 3 heterocycles. The van der Waals surface area contributed by atoms with E-state index in [0.717, 1.165) is 0 Å². The Balaban J connectivity index is 2.15. The normalized spacial score (nSPS) is 32.9. The van der Waals surface area contributed by atoms with Crippen molar-refractivity contribution in [2.75, 3.05) is 12.3 Å². The van der Waals surface area contributed by atoms with Gasteiger partial charge in [-0.15, -0.1) is 0 Å². The molecule has 0 bridgehead atoms. The first-order valence-corrected chi connectivity index (χ1v) is 6.25. The van der Waals surface area contributed by atoms with Gasteiger partial charge in [-0.3, -0.25) is 14.3 Å². The number of nitrogens with zero attached hydrogens (tertiary/aromatic N) is 3. The van der Waals surface area contributed by atoms with E-state index in [4.69, 9.17) is 10.5 Å². The first-order chi connectivity index (χ1) is 9.86. The number of imidazole rings is 1. The van der Waals surface area contributed by atoms with Gasteiger partial charge < -0.3 is 25.8 Å². The molecule has 3 rings (SSSR count). The van der Waals surface area contributed by atoms with E-state index in [9.17, 15) is 20.1 Å². The Bertz CT molecular complexity index is 738. The minimum atomic E-state index is -1.69. The monoisotopic (exact) mass is 297 g/mol. The van der Waals surface area contributed by atoms with Crippen LogP contribution in [0.25, 0.3) is 11.2 Å². The zero-order chi connectivity index (χ0) is 15.4. The van der Waals surface area contributed by atoms with E-state index >= 15 is 0 Å².